The summed E-state index contributed by atoms with van der Waals surface area (Å²) >= 11 is 0. The number of carbonyl (C=O) groups is 2. The minimum absolute atomic E-state index is 0.167. The van der Waals surface area contributed by atoms with E-state index in [0.717, 1.165) is 0 Å². The number of anilines is 1. The van der Waals surface area contributed by atoms with Crippen LogP contribution in [0.1, 0.15) is 20.8 Å². The number of hydrogen-bond acceptors (Lipinski definition) is 5. The molecule has 0 saturated carbocycles. The number of rotatable bonds is 4. The van der Waals surface area contributed by atoms with E-state index in [-0.39, 0.29) is 11.6 Å². The molecule has 0 unspecified atom stereocenters. The zero-order valence-corrected chi connectivity index (χ0v) is 13.1. The Morgan fingerprint density at radius 3 is 2.67 bits per heavy atom. The molecule has 0 fully saturated rings. The molecule has 0 spiro atoms. The number of nitrogens with zero attached hydrogens (tertiary/aromatic N) is 1. The molecule has 1 heterocycles. The van der Waals surface area contributed by atoms with Gasteiger partial charge in [0, 0.05) is 11.1 Å². The average molecular weight is 325 g/mol. The number of fused-ring (bicyclic) bond motifs is 1. The number of para-hydroxylation sites is 1. The van der Waals surface area contributed by atoms with Gasteiger partial charge in [-0.3, -0.25) is 9.89 Å². The van der Waals surface area contributed by atoms with Gasteiger partial charge >= 0.3 is 5.97 Å². The van der Waals surface area contributed by atoms with E-state index in [1.807, 2.05) is 0 Å². The standard InChI is InChI=1S/C17H15N3O4/c1-23-14-6-4-3-5-11(14)16(21)18-10-7-8-13-12(9-10)15(20-19-13)17(22)24-2/h3-9H,1-2H3,(H,18,21)(H,19,20). The van der Waals surface area contributed by atoms with Gasteiger partial charge in [0.2, 0.25) is 0 Å². The summed E-state index contributed by atoms with van der Waals surface area (Å²) in [5.74, 6) is -0.376. The molecule has 122 valence electrons. The van der Waals surface area contributed by atoms with Crippen LogP contribution in [-0.2, 0) is 4.74 Å². The molecular formula is C17H15N3O4. The Bertz CT molecular complexity index is 917. The molecule has 2 N–H and O–H groups in total. The zero-order chi connectivity index (χ0) is 17.1. The minimum Gasteiger partial charge on any atom is -0.496 e. The van der Waals surface area contributed by atoms with E-state index in [2.05, 4.69) is 15.5 Å². The van der Waals surface area contributed by atoms with Gasteiger partial charge in [0.05, 0.1) is 25.3 Å². The van der Waals surface area contributed by atoms with Gasteiger partial charge < -0.3 is 14.8 Å². The lowest BCUT2D eigenvalue weighted by atomic mass is 10.1. The number of carbonyl (C=O) groups excluding carboxylic acids is 2. The molecule has 0 bridgehead atoms. The highest BCUT2D eigenvalue weighted by atomic mass is 16.5. The van der Waals surface area contributed by atoms with Crippen LogP contribution in [0.2, 0.25) is 0 Å². The fourth-order valence-electron chi connectivity index (χ4n) is 2.37. The van der Waals surface area contributed by atoms with Crippen LogP contribution in [0.3, 0.4) is 0 Å². The molecule has 0 aliphatic carbocycles. The molecule has 3 aromatic rings. The molecular weight excluding hydrogens is 310 g/mol. The molecule has 0 aliphatic rings. The van der Waals surface area contributed by atoms with Crippen LogP contribution in [0, 0.1) is 0 Å². The zero-order valence-electron chi connectivity index (χ0n) is 13.1. The highest BCUT2D eigenvalue weighted by Crippen LogP contribution is 2.23. The Kier molecular flexibility index (Phi) is 4.15. The van der Waals surface area contributed by atoms with Crippen molar-refractivity contribution >= 4 is 28.5 Å². The van der Waals surface area contributed by atoms with Gasteiger partial charge in [0.25, 0.3) is 5.91 Å². The maximum absolute atomic E-state index is 12.4. The smallest absolute Gasteiger partial charge is 0.359 e. The molecule has 0 saturated heterocycles. The number of amides is 1. The maximum atomic E-state index is 12.4. The summed E-state index contributed by atoms with van der Waals surface area (Å²) in [6, 6.07) is 12.0. The average Bonchev–Trinajstić information content (AvgIpc) is 3.04. The first-order chi connectivity index (χ1) is 11.6. The van der Waals surface area contributed by atoms with Crippen LogP contribution in [0.15, 0.2) is 42.5 Å². The summed E-state index contributed by atoms with van der Waals surface area (Å²) in [6.07, 6.45) is 0. The van der Waals surface area contributed by atoms with Crippen molar-refractivity contribution in [3.05, 3.63) is 53.7 Å². The number of aromatic amines is 1. The second-order valence-corrected chi connectivity index (χ2v) is 4.98. The topological polar surface area (TPSA) is 93.3 Å². The third-order valence-electron chi connectivity index (χ3n) is 3.55. The Balaban J connectivity index is 1.92. The van der Waals surface area contributed by atoms with Crippen LogP contribution in [0.4, 0.5) is 5.69 Å². The number of hydrogen-bond donors (Lipinski definition) is 2. The van der Waals surface area contributed by atoms with Gasteiger partial charge in [-0.05, 0) is 30.3 Å². The summed E-state index contributed by atoms with van der Waals surface area (Å²) in [5, 5.41) is 10.0. The van der Waals surface area contributed by atoms with Crippen LogP contribution in [-0.4, -0.2) is 36.3 Å². The van der Waals surface area contributed by atoms with E-state index in [1.165, 1.54) is 14.2 Å². The summed E-state index contributed by atoms with van der Waals surface area (Å²) in [5.41, 5.74) is 1.79. The molecule has 3 rings (SSSR count). The highest BCUT2D eigenvalue weighted by molar-refractivity contribution is 6.08. The Morgan fingerprint density at radius 2 is 1.92 bits per heavy atom. The quantitative estimate of drug-likeness (QED) is 0.719. The Morgan fingerprint density at radius 1 is 1.12 bits per heavy atom. The highest BCUT2D eigenvalue weighted by Gasteiger charge is 2.16. The predicted octanol–water partition coefficient (Wildman–Crippen LogP) is 2.61. The largest absolute Gasteiger partial charge is 0.496 e. The van der Waals surface area contributed by atoms with E-state index < -0.39 is 5.97 Å². The minimum atomic E-state index is -0.547. The lowest BCUT2D eigenvalue weighted by Crippen LogP contribution is -2.13. The van der Waals surface area contributed by atoms with Crippen molar-refractivity contribution in [2.75, 3.05) is 19.5 Å². The second kappa shape index (κ2) is 6.41. The van der Waals surface area contributed by atoms with E-state index >= 15 is 0 Å². The van der Waals surface area contributed by atoms with E-state index in [9.17, 15) is 9.59 Å². The van der Waals surface area contributed by atoms with Crippen molar-refractivity contribution in [1.82, 2.24) is 10.2 Å². The maximum Gasteiger partial charge on any atom is 0.359 e. The molecule has 7 nitrogen and oxygen atoms in total. The van der Waals surface area contributed by atoms with Gasteiger partial charge in [-0.2, -0.15) is 5.10 Å². The van der Waals surface area contributed by atoms with E-state index in [0.29, 0.717) is 27.9 Å². The summed E-state index contributed by atoms with van der Waals surface area (Å²) in [7, 11) is 2.79. The second-order valence-electron chi connectivity index (χ2n) is 4.98. The molecule has 0 radical (unpaired) electrons. The first-order valence-electron chi connectivity index (χ1n) is 7.15. The van der Waals surface area contributed by atoms with E-state index in [4.69, 9.17) is 9.47 Å². The van der Waals surface area contributed by atoms with Crippen LogP contribution in [0.5, 0.6) is 5.75 Å². The molecule has 2 aromatic carbocycles. The third kappa shape index (κ3) is 2.79. The normalized spacial score (nSPS) is 10.4. The van der Waals surface area contributed by atoms with Crippen molar-refractivity contribution < 1.29 is 19.1 Å². The SMILES string of the molecule is COC(=O)c1n[nH]c2ccc(NC(=O)c3ccccc3OC)cc12. The first kappa shape index (κ1) is 15.5. The van der Waals surface area contributed by atoms with Crippen molar-refractivity contribution in [2.45, 2.75) is 0 Å². The first-order valence-corrected chi connectivity index (χ1v) is 7.15. The fourth-order valence-corrected chi connectivity index (χ4v) is 2.37. The Hall–Kier alpha value is -3.35. The van der Waals surface area contributed by atoms with Crippen molar-refractivity contribution in [2.24, 2.45) is 0 Å². The van der Waals surface area contributed by atoms with Crippen molar-refractivity contribution in [3.63, 3.8) is 0 Å². The van der Waals surface area contributed by atoms with Gasteiger partial charge in [0.1, 0.15) is 5.75 Å². The molecule has 1 amide bonds. The third-order valence-corrected chi connectivity index (χ3v) is 3.55. The number of nitrogens with one attached hydrogen (secondary N) is 2. The number of H-pyrrole nitrogens is 1. The lowest BCUT2D eigenvalue weighted by molar-refractivity contribution is 0.0596. The number of benzene rings is 2. The van der Waals surface area contributed by atoms with Crippen LogP contribution in [0.25, 0.3) is 10.9 Å². The van der Waals surface area contributed by atoms with Crippen LogP contribution < -0.4 is 10.1 Å². The summed E-state index contributed by atoms with van der Waals surface area (Å²) in [6.45, 7) is 0. The predicted molar refractivity (Wildman–Crippen MR) is 88.4 cm³/mol. The molecule has 7 heteroatoms. The number of esters is 1. The van der Waals surface area contributed by atoms with Crippen molar-refractivity contribution in [1.29, 1.82) is 0 Å². The number of aromatic nitrogens is 2. The van der Waals surface area contributed by atoms with E-state index in [1.54, 1.807) is 42.5 Å². The Labute approximate surface area is 137 Å². The van der Waals surface area contributed by atoms with Gasteiger partial charge in [0.15, 0.2) is 5.69 Å². The van der Waals surface area contributed by atoms with Gasteiger partial charge in [-0.1, -0.05) is 12.1 Å². The van der Waals surface area contributed by atoms with Gasteiger partial charge in [-0.25, -0.2) is 4.79 Å². The van der Waals surface area contributed by atoms with Crippen LogP contribution >= 0.6 is 0 Å². The molecule has 24 heavy (non-hydrogen) atoms. The number of methoxy groups -OCH3 is 2. The summed E-state index contributed by atoms with van der Waals surface area (Å²) < 4.78 is 9.89. The molecule has 0 atom stereocenters. The molecule has 1 aromatic heterocycles. The molecule has 0 aliphatic heterocycles. The summed E-state index contributed by atoms with van der Waals surface area (Å²) in [4.78, 5) is 24.2. The fraction of sp³-hybridized carbons (Fsp3) is 0.118. The number of ether oxygens (including phenoxy) is 2. The lowest BCUT2D eigenvalue weighted by Gasteiger charge is -2.09. The monoisotopic (exact) mass is 325 g/mol. The van der Waals surface area contributed by atoms with Crippen molar-refractivity contribution in [3.8, 4) is 5.75 Å². The van der Waals surface area contributed by atoms with Gasteiger partial charge in [-0.15, -0.1) is 0 Å².